The highest BCUT2D eigenvalue weighted by molar-refractivity contribution is 5.69. The summed E-state index contributed by atoms with van der Waals surface area (Å²) in [4.78, 5) is 9.93. The zero-order valence-electron chi connectivity index (χ0n) is 7.88. The molecule has 1 heterocycles. The Balaban J connectivity index is 0.000000211. The van der Waals surface area contributed by atoms with E-state index in [4.69, 9.17) is 9.84 Å². The molecule has 1 rings (SSSR count). The molecule has 0 aliphatic carbocycles. The zero-order chi connectivity index (χ0) is 9.40. The molecule has 1 N–H and O–H groups in total. The molecule has 0 spiro atoms. The van der Waals surface area contributed by atoms with Crippen molar-refractivity contribution in [2.24, 2.45) is 5.92 Å². The van der Waals surface area contributed by atoms with Gasteiger partial charge in [0.05, 0.1) is 5.92 Å². The summed E-state index contributed by atoms with van der Waals surface area (Å²) < 4.78 is 4.94. The summed E-state index contributed by atoms with van der Waals surface area (Å²) in [5, 5.41) is 8.18. The van der Waals surface area contributed by atoms with Crippen LogP contribution in [0.25, 0.3) is 0 Å². The van der Waals surface area contributed by atoms with Crippen LogP contribution in [0.2, 0.25) is 0 Å². The second-order valence-corrected chi connectivity index (χ2v) is 2.97. The minimum absolute atomic E-state index is 0.181. The molecule has 1 fully saturated rings. The number of hydrogen-bond donors (Lipinski definition) is 1. The van der Waals surface area contributed by atoms with E-state index >= 15 is 0 Å². The lowest BCUT2D eigenvalue weighted by molar-refractivity contribution is -0.141. The van der Waals surface area contributed by atoms with E-state index in [1.165, 1.54) is 12.8 Å². The molecule has 0 aromatic heterocycles. The summed E-state index contributed by atoms with van der Waals surface area (Å²) in [7, 11) is 0. The summed E-state index contributed by atoms with van der Waals surface area (Å²) in [5.74, 6) is -0.887. The van der Waals surface area contributed by atoms with Gasteiger partial charge < -0.3 is 9.84 Å². The fourth-order valence-corrected chi connectivity index (χ4v) is 0.685. The predicted octanol–water partition coefficient (Wildman–Crippen LogP) is 1.91. The van der Waals surface area contributed by atoms with Crippen LogP contribution < -0.4 is 0 Å². The second-order valence-electron chi connectivity index (χ2n) is 2.97. The van der Waals surface area contributed by atoms with Gasteiger partial charge in [0.25, 0.3) is 0 Å². The van der Waals surface area contributed by atoms with E-state index in [0.717, 1.165) is 19.6 Å². The van der Waals surface area contributed by atoms with Gasteiger partial charge in [-0.15, -0.1) is 0 Å². The molecule has 0 aromatic carbocycles. The topological polar surface area (TPSA) is 46.5 Å². The molecule has 12 heavy (non-hydrogen) atoms. The van der Waals surface area contributed by atoms with Gasteiger partial charge in [-0.05, 0) is 19.3 Å². The normalized spacial score (nSPS) is 17.8. The molecule has 1 atom stereocenters. The first-order chi connectivity index (χ1) is 5.68. The van der Waals surface area contributed by atoms with Crippen molar-refractivity contribution < 1.29 is 14.6 Å². The van der Waals surface area contributed by atoms with Crippen LogP contribution in [0.15, 0.2) is 0 Å². The van der Waals surface area contributed by atoms with Gasteiger partial charge >= 0.3 is 5.97 Å². The molecule has 72 valence electrons. The molecule has 0 bridgehead atoms. The number of carboxylic acids is 1. The molecule has 1 unspecified atom stereocenters. The molecule has 1 saturated heterocycles. The third kappa shape index (κ3) is 6.16. The smallest absolute Gasteiger partial charge is 0.306 e. The molecular weight excluding hydrogens is 156 g/mol. The average Bonchev–Trinajstić information content (AvgIpc) is 2.59. The number of aliphatic carboxylic acids is 1. The fraction of sp³-hybridized carbons (Fsp3) is 0.889. The molecule has 0 radical (unpaired) electrons. The highest BCUT2D eigenvalue weighted by Crippen LogP contribution is 1.98. The van der Waals surface area contributed by atoms with Gasteiger partial charge in [0.2, 0.25) is 0 Å². The summed E-state index contributed by atoms with van der Waals surface area (Å²) in [6, 6.07) is 0. The molecule has 3 nitrogen and oxygen atoms in total. The van der Waals surface area contributed by atoms with Crippen molar-refractivity contribution in [1.82, 2.24) is 0 Å². The predicted molar refractivity (Wildman–Crippen MR) is 47.1 cm³/mol. The Morgan fingerprint density at radius 3 is 2.08 bits per heavy atom. The second kappa shape index (κ2) is 7.10. The largest absolute Gasteiger partial charge is 0.481 e. The Hall–Kier alpha value is -0.570. The zero-order valence-corrected chi connectivity index (χ0v) is 7.88. The molecule has 0 amide bonds. The van der Waals surface area contributed by atoms with Crippen molar-refractivity contribution in [3.63, 3.8) is 0 Å². The van der Waals surface area contributed by atoms with Crippen LogP contribution in [0.3, 0.4) is 0 Å². The van der Waals surface area contributed by atoms with Crippen molar-refractivity contribution >= 4 is 5.97 Å². The quantitative estimate of drug-likeness (QED) is 0.695. The maximum atomic E-state index is 9.93. The molecule has 3 heteroatoms. The van der Waals surface area contributed by atoms with Crippen molar-refractivity contribution in [3.05, 3.63) is 0 Å². The van der Waals surface area contributed by atoms with E-state index < -0.39 is 5.97 Å². The van der Waals surface area contributed by atoms with Crippen LogP contribution in [0.1, 0.15) is 33.1 Å². The van der Waals surface area contributed by atoms with E-state index in [1.54, 1.807) is 6.92 Å². The van der Waals surface area contributed by atoms with Gasteiger partial charge in [0, 0.05) is 13.2 Å². The van der Waals surface area contributed by atoms with Crippen LogP contribution in [0.4, 0.5) is 0 Å². The van der Waals surface area contributed by atoms with Crippen LogP contribution in [0.5, 0.6) is 0 Å². The van der Waals surface area contributed by atoms with E-state index in [-0.39, 0.29) is 5.92 Å². The number of carbonyl (C=O) groups is 1. The van der Waals surface area contributed by atoms with Crippen LogP contribution >= 0.6 is 0 Å². The van der Waals surface area contributed by atoms with E-state index in [0.29, 0.717) is 0 Å². The van der Waals surface area contributed by atoms with Crippen molar-refractivity contribution in [3.8, 4) is 0 Å². The third-order valence-corrected chi connectivity index (χ3v) is 1.86. The van der Waals surface area contributed by atoms with Gasteiger partial charge in [-0.25, -0.2) is 0 Å². The van der Waals surface area contributed by atoms with Crippen molar-refractivity contribution in [2.45, 2.75) is 33.1 Å². The first-order valence-corrected chi connectivity index (χ1v) is 4.49. The minimum Gasteiger partial charge on any atom is -0.481 e. The van der Waals surface area contributed by atoms with Gasteiger partial charge in [0.15, 0.2) is 0 Å². The monoisotopic (exact) mass is 174 g/mol. The molecule has 0 saturated carbocycles. The Morgan fingerprint density at radius 2 is 2.00 bits per heavy atom. The van der Waals surface area contributed by atoms with E-state index in [2.05, 4.69) is 0 Å². The standard InChI is InChI=1S/C5H10O2.C4H8O/c1-3-4(2)5(6)7;1-2-4-5-3-1/h4H,3H2,1-2H3,(H,6,7);1-4H2. The fourth-order valence-electron chi connectivity index (χ4n) is 0.685. The lowest BCUT2D eigenvalue weighted by atomic mass is 10.1. The third-order valence-electron chi connectivity index (χ3n) is 1.86. The minimum atomic E-state index is -0.706. The van der Waals surface area contributed by atoms with Crippen LogP contribution in [0, 0.1) is 5.92 Å². The average molecular weight is 174 g/mol. The summed E-state index contributed by atoms with van der Waals surface area (Å²) in [6.07, 6.45) is 3.27. The van der Waals surface area contributed by atoms with Gasteiger partial charge in [-0.2, -0.15) is 0 Å². The van der Waals surface area contributed by atoms with Gasteiger partial charge in [-0.1, -0.05) is 13.8 Å². The Labute approximate surface area is 73.7 Å². The summed E-state index contributed by atoms with van der Waals surface area (Å²) >= 11 is 0. The van der Waals surface area contributed by atoms with E-state index in [9.17, 15) is 4.79 Å². The Kier molecular flexibility index (Phi) is 6.76. The van der Waals surface area contributed by atoms with Gasteiger partial charge in [0.1, 0.15) is 0 Å². The summed E-state index contributed by atoms with van der Waals surface area (Å²) in [5.41, 5.74) is 0. The Bertz CT molecular complexity index is 111. The Morgan fingerprint density at radius 1 is 1.50 bits per heavy atom. The highest BCUT2D eigenvalue weighted by Gasteiger charge is 2.05. The highest BCUT2D eigenvalue weighted by atomic mass is 16.5. The molecular formula is C9H18O3. The number of hydrogen-bond acceptors (Lipinski definition) is 2. The van der Waals surface area contributed by atoms with E-state index in [1.807, 2.05) is 6.92 Å². The maximum Gasteiger partial charge on any atom is 0.306 e. The van der Waals surface area contributed by atoms with Crippen molar-refractivity contribution in [1.29, 1.82) is 0 Å². The lowest BCUT2D eigenvalue weighted by Gasteiger charge is -1.96. The first kappa shape index (κ1) is 11.4. The molecule has 1 aliphatic heterocycles. The van der Waals surface area contributed by atoms with Crippen molar-refractivity contribution in [2.75, 3.05) is 13.2 Å². The first-order valence-electron chi connectivity index (χ1n) is 4.49. The maximum absolute atomic E-state index is 9.93. The number of ether oxygens (including phenoxy) is 1. The molecule has 0 aromatic rings. The van der Waals surface area contributed by atoms with Crippen LogP contribution in [-0.4, -0.2) is 24.3 Å². The van der Waals surface area contributed by atoms with Crippen LogP contribution in [-0.2, 0) is 9.53 Å². The number of rotatable bonds is 2. The lowest BCUT2D eigenvalue weighted by Crippen LogP contribution is -2.06. The number of carboxylic acid groups (broad SMARTS) is 1. The van der Waals surface area contributed by atoms with Gasteiger partial charge in [-0.3, -0.25) is 4.79 Å². The molecule has 1 aliphatic rings. The summed E-state index contributed by atoms with van der Waals surface area (Å²) in [6.45, 7) is 5.56. The SMILES string of the molecule is C1CCOC1.CCC(C)C(=O)O.